The van der Waals surface area contributed by atoms with Gasteiger partial charge in [-0.25, -0.2) is 4.68 Å². The number of nitrogens with zero attached hydrogens (tertiary/aromatic N) is 2. The largest absolute Gasteiger partial charge is 0.324 e. The first-order chi connectivity index (χ1) is 7.70. The van der Waals surface area contributed by atoms with Gasteiger partial charge in [-0.2, -0.15) is 5.10 Å². The Bertz CT molecular complexity index is 461. The van der Waals surface area contributed by atoms with Crippen LogP contribution < -0.4 is 5.73 Å². The molecule has 0 fully saturated rings. The predicted molar refractivity (Wildman–Crippen MR) is 65.8 cm³/mol. The van der Waals surface area contributed by atoms with Crippen molar-refractivity contribution in [1.29, 1.82) is 0 Å². The summed E-state index contributed by atoms with van der Waals surface area (Å²) in [6, 6.07) is 8.15. The molecule has 1 aromatic heterocycles. The summed E-state index contributed by atoms with van der Waals surface area (Å²) in [5.41, 5.74) is 8.07. The number of aromatic nitrogens is 2. The van der Waals surface area contributed by atoms with Crippen molar-refractivity contribution in [3.05, 3.63) is 47.2 Å². The number of nitrogens with two attached hydrogens (primary N) is 1. The SMILES string of the molecule is CC[C@@H](N)c1ccc(-n2cc(Cl)cn2)cc1. The fourth-order valence-electron chi connectivity index (χ4n) is 1.55. The minimum Gasteiger partial charge on any atom is -0.324 e. The maximum Gasteiger partial charge on any atom is 0.0790 e. The Morgan fingerprint density at radius 2 is 2.06 bits per heavy atom. The zero-order valence-electron chi connectivity index (χ0n) is 9.10. The second kappa shape index (κ2) is 4.68. The zero-order chi connectivity index (χ0) is 11.5. The Labute approximate surface area is 99.8 Å². The molecule has 0 bridgehead atoms. The number of rotatable bonds is 3. The van der Waals surface area contributed by atoms with Crippen LogP contribution >= 0.6 is 11.6 Å². The van der Waals surface area contributed by atoms with Crippen LogP contribution in [0.2, 0.25) is 5.02 Å². The Hall–Kier alpha value is -1.32. The van der Waals surface area contributed by atoms with Crippen LogP contribution in [-0.4, -0.2) is 9.78 Å². The van der Waals surface area contributed by atoms with Gasteiger partial charge in [0.05, 0.1) is 16.9 Å². The maximum absolute atomic E-state index is 5.94. The molecule has 0 amide bonds. The average molecular weight is 236 g/mol. The average Bonchev–Trinajstić information content (AvgIpc) is 2.75. The van der Waals surface area contributed by atoms with Crippen LogP contribution in [-0.2, 0) is 0 Å². The summed E-state index contributed by atoms with van der Waals surface area (Å²) < 4.78 is 1.74. The lowest BCUT2D eigenvalue weighted by Crippen LogP contribution is -2.08. The molecule has 2 aromatic rings. The molecule has 0 aliphatic rings. The third kappa shape index (κ3) is 2.26. The van der Waals surface area contributed by atoms with E-state index in [9.17, 15) is 0 Å². The smallest absolute Gasteiger partial charge is 0.0790 e. The normalized spacial score (nSPS) is 12.7. The highest BCUT2D eigenvalue weighted by Crippen LogP contribution is 2.17. The zero-order valence-corrected chi connectivity index (χ0v) is 9.85. The fourth-order valence-corrected chi connectivity index (χ4v) is 1.69. The molecule has 0 aliphatic heterocycles. The highest BCUT2D eigenvalue weighted by molar-refractivity contribution is 6.30. The second-order valence-electron chi connectivity index (χ2n) is 3.71. The van der Waals surface area contributed by atoms with Crippen LogP contribution in [0.15, 0.2) is 36.7 Å². The molecule has 84 valence electrons. The van der Waals surface area contributed by atoms with Gasteiger partial charge in [-0.05, 0) is 24.1 Å². The molecule has 0 aliphatic carbocycles. The van der Waals surface area contributed by atoms with Crippen LogP contribution in [0.25, 0.3) is 5.69 Å². The number of hydrogen-bond donors (Lipinski definition) is 1. The van der Waals surface area contributed by atoms with Gasteiger partial charge in [0.1, 0.15) is 0 Å². The van der Waals surface area contributed by atoms with Gasteiger partial charge in [-0.3, -0.25) is 0 Å². The monoisotopic (exact) mass is 235 g/mol. The first kappa shape index (κ1) is 11.2. The van der Waals surface area contributed by atoms with Gasteiger partial charge < -0.3 is 5.73 Å². The van der Waals surface area contributed by atoms with Gasteiger partial charge in [0, 0.05) is 12.2 Å². The first-order valence-electron chi connectivity index (χ1n) is 5.27. The lowest BCUT2D eigenvalue weighted by Gasteiger charge is -2.09. The van der Waals surface area contributed by atoms with Crippen molar-refractivity contribution in [2.45, 2.75) is 19.4 Å². The van der Waals surface area contributed by atoms with Crippen molar-refractivity contribution < 1.29 is 0 Å². The van der Waals surface area contributed by atoms with Gasteiger partial charge >= 0.3 is 0 Å². The Kier molecular flexibility index (Phi) is 3.27. The van der Waals surface area contributed by atoms with E-state index in [2.05, 4.69) is 12.0 Å². The standard InChI is InChI=1S/C12H14ClN3/c1-2-12(14)9-3-5-11(6-4-9)16-8-10(13)7-15-16/h3-8,12H,2,14H2,1H3/t12-/m1/s1. The van der Waals surface area contributed by atoms with Gasteiger partial charge in [0.15, 0.2) is 0 Å². The van der Waals surface area contributed by atoms with E-state index in [1.54, 1.807) is 17.1 Å². The summed E-state index contributed by atoms with van der Waals surface area (Å²) in [6.07, 6.45) is 4.33. The quantitative estimate of drug-likeness (QED) is 0.889. The van der Waals surface area contributed by atoms with E-state index in [4.69, 9.17) is 17.3 Å². The molecule has 2 rings (SSSR count). The summed E-state index contributed by atoms with van der Waals surface area (Å²) in [5.74, 6) is 0. The molecule has 3 nitrogen and oxygen atoms in total. The Balaban J connectivity index is 2.25. The van der Waals surface area contributed by atoms with E-state index in [1.807, 2.05) is 24.3 Å². The van der Waals surface area contributed by atoms with Crippen molar-refractivity contribution in [2.75, 3.05) is 0 Å². The van der Waals surface area contributed by atoms with E-state index < -0.39 is 0 Å². The molecule has 0 unspecified atom stereocenters. The van der Waals surface area contributed by atoms with Crippen molar-refractivity contribution in [3.63, 3.8) is 0 Å². The number of halogens is 1. The molecule has 1 atom stereocenters. The predicted octanol–water partition coefficient (Wildman–Crippen LogP) is 2.94. The van der Waals surface area contributed by atoms with Crippen LogP contribution in [0.4, 0.5) is 0 Å². The third-order valence-corrected chi connectivity index (χ3v) is 2.77. The maximum atomic E-state index is 5.94. The molecular formula is C12H14ClN3. The molecule has 16 heavy (non-hydrogen) atoms. The third-order valence-electron chi connectivity index (χ3n) is 2.58. The highest BCUT2D eigenvalue weighted by Gasteiger charge is 2.04. The molecule has 1 heterocycles. The topological polar surface area (TPSA) is 43.8 Å². The van der Waals surface area contributed by atoms with Gasteiger partial charge in [0.2, 0.25) is 0 Å². The van der Waals surface area contributed by atoms with E-state index in [0.717, 1.165) is 17.7 Å². The van der Waals surface area contributed by atoms with Crippen LogP contribution in [0.3, 0.4) is 0 Å². The van der Waals surface area contributed by atoms with E-state index in [1.165, 1.54) is 0 Å². The van der Waals surface area contributed by atoms with Crippen LogP contribution in [0.1, 0.15) is 24.9 Å². The molecule has 0 radical (unpaired) electrons. The highest BCUT2D eigenvalue weighted by atomic mass is 35.5. The Morgan fingerprint density at radius 1 is 1.38 bits per heavy atom. The second-order valence-corrected chi connectivity index (χ2v) is 4.15. The van der Waals surface area contributed by atoms with Crippen molar-refractivity contribution >= 4 is 11.6 Å². The summed E-state index contributed by atoms with van der Waals surface area (Å²) in [4.78, 5) is 0. The summed E-state index contributed by atoms with van der Waals surface area (Å²) >= 11 is 5.81. The molecule has 0 saturated heterocycles. The lowest BCUT2D eigenvalue weighted by molar-refractivity contribution is 0.698. The van der Waals surface area contributed by atoms with Crippen molar-refractivity contribution in [1.82, 2.24) is 9.78 Å². The van der Waals surface area contributed by atoms with Crippen molar-refractivity contribution in [3.8, 4) is 5.69 Å². The van der Waals surface area contributed by atoms with Gasteiger partial charge in [-0.1, -0.05) is 30.7 Å². The number of hydrogen-bond acceptors (Lipinski definition) is 2. The molecule has 0 saturated carbocycles. The van der Waals surface area contributed by atoms with E-state index in [0.29, 0.717) is 5.02 Å². The summed E-state index contributed by atoms with van der Waals surface area (Å²) in [7, 11) is 0. The molecule has 1 aromatic carbocycles. The van der Waals surface area contributed by atoms with E-state index >= 15 is 0 Å². The summed E-state index contributed by atoms with van der Waals surface area (Å²) in [5, 5.41) is 4.77. The van der Waals surface area contributed by atoms with Gasteiger partial charge in [0.25, 0.3) is 0 Å². The van der Waals surface area contributed by atoms with Crippen LogP contribution in [0, 0.1) is 0 Å². The minimum absolute atomic E-state index is 0.107. The molecular weight excluding hydrogens is 222 g/mol. The molecule has 2 N–H and O–H groups in total. The first-order valence-corrected chi connectivity index (χ1v) is 5.64. The van der Waals surface area contributed by atoms with E-state index in [-0.39, 0.29) is 6.04 Å². The lowest BCUT2D eigenvalue weighted by atomic mass is 10.1. The Morgan fingerprint density at radius 3 is 2.56 bits per heavy atom. The minimum atomic E-state index is 0.107. The summed E-state index contributed by atoms with van der Waals surface area (Å²) in [6.45, 7) is 2.08. The van der Waals surface area contributed by atoms with Gasteiger partial charge in [-0.15, -0.1) is 0 Å². The van der Waals surface area contributed by atoms with Crippen molar-refractivity contribution in [2.24, 2.45) is 5.73 Å². The molecule has 0 spiro atoms. The molecule has 4 heteroatoms. The van der Waals surface area contributed by atoms with Crippen LogP contribution in [0.5, 0.6) is 0 Å². The number of benzene rings is 1. The fraction of sp³-hybridized carbons (Fsp3) is 0.250.